The number of carbonyl (C=O) groups excluding carboxylic acids is 4. The molecule has 0 saturated heterocycles. The zero-order valence-corrected chi connectivity index (χ0v) is 27.4. The van der Waals surface area contributed by atoms with Gasteiger partial charge in [-0.3, -0.25) is 0 Å². The number of ether oxygens (including phenoxy) is 6. The predicted octanol–water partition coefficient (Wildman–Crippen LogP) is 7.60. The van der Waals surface area contributed by atoms with E-state index in [0.29, 0.717) is 37.9 Å². The summed E-state index contributed by atoms with van der Waals surface area (Å²) in [6, 6.07) is 16.2. The number of hydrogen-bond donors (Lipinski definition) is 0. The van der Waals surface area contributed by atoms with Gasteiger partial charge < -0.3 is 28.4 Å². The Morgan fingerprint density at radius 1 is 0.531 bits per heavy atom. The normalized spacial score (nSPS) is 10.4. The zero-order valence-electron chi connectivity index (χ0n) is 27.4. The van der Waals surface area contributed by atoms with Gasteiger partial charge in [0, 0.05) is 18.2 Å². The van der Waals surface area contributed by atoms with Crippen molar-refractivity contribution in [1.29, 1.82) is 0 Å². The quantitative estimate of drug-likeness (QED) is 0.0455. The minimum Gasteiger partial charge on any atom is -0.494 e. The standard InChI is InChI=1S/C38H41FO10/c1-3-35(40)46-25-11-7-5-9-23-44-30-17-13-28(14-18-30)37(42)48-32-21-22-34(33(39)27-32)49-38(43)29-15-19-31(20-16-29)45-24-10-6-8-12-26-47-36(41)4-2/h3-4,13-22,27H,1-2,5-12,23-26H2. The number of unbranched alkanes of at least 4 members (excludes halogenated alkanes) is 6. The van der Waals surface area contributed by atoms with E-state index < -0.39 is 29.7 Å². The molecular formula is C38H41FO10. The van der Waals surface area contributed by atoms with E-state index in [9.17, 15) is 23.6 Å². The molecule has 0 radical (unpaired) electrons. The van der Waals surface area contributed by atoms with Gasteiger partial charge in [-0.25, -0.2) is 23.6 Å². The van der Waals surface area contributed by atoms with E-state index in [1.54, 1.807) is 36.4 Å². The summed E-state index contributed by atoms with van der Waals surface area (Å²) in [7, 11) is 0. The third-order valence-electron chi connectivity index (χ3n) is 6.93. The Hall–Kier alpha value is -5.45. The van der Waals surface area contributed by atoms with E-state index in [2.05, 4.69) is 13.2 Å². The minimum absolute atomic E-state index is 0.0560. The van der Waals surface area contributed by atoms with Crippen LogP contribution < -0.4 is 18.9 Å². The van der Waals surface area contributed by atoms with Gasteiger partial charge in [-0.15, -0.1) is 0 Å². The summed E-state index contributed by atoms with van der Waals surface area (Å²) in [4.78, 5) is 47.2. The highest BCUT2D eigenvalue weighted by atomic mass is 19.1. The molecule has 3 aromatic carbocycles. The van der Waals surface area contributed by atoms with Crippen molar-refractivity contribution < 1.29 is 52.0 Å². The van der Waals surface area contributed by atoms with Gasteiger partial charge in [0.2, 0.25) is 0 Å². The molecule has 0 saturated carbocycles. The van der Waals surface area contributed by atoms with Crippen molar-refractivity contribution in [3.05, 3.63) is 109 Å². The number of hydrogen-bond acceptors (Lipinski definition) is 10. The van der Waals surface area contributed by atoms with Crippen LogP contribution in [0.2, 0.25) is 0 Å². The van der Waals surface area contributed by atoms with E-state index in [4.69, 9.17) is 28.4 Å². The Morgan fingerprint density at radius 3 is 1.37 bits per heavy atom. The zero-order chi connectivity index (χ0) is 35.3. The molecule has 3 aromatic rings. The van der Waals surface area contributed by atoms with Gasteiger partial charge in [0.25, 0.3) is 0 Å². The summed E-state index contributed by atoms with van der Waals surface area (Å²) in [5.74, 6) is -2.39. The molecule has 0 aliphatic heterocycles. The first-order valence-corrected chi connectivity index (χ1v) is 16.1. The van der Waals surface area contributed by atoms with Gasteiger partial charge in [0.1, 0.15) is 17.2 Å². The SMILES string of the molecule is C=CC(=O)OCCCCCCOc1ccc(C(=O)Oc2ccc(OC(=O)c3ccc(OCCCCCCOC(=O)C=C)cc3)c(F)c2)cc1. The predicted molar refractivity (Wildman–Crippen MR) is 179 cm³/mol. The highest BCUT2D eigenvalue weighted by molar-refractivity contribution is 5.92. The summed E-state index contributed by atoms with van der Waals surface area (Å²) in [5, 5.41) is 0. The molecule has 0 aliphatic carbocycles. The maximum atomic E-state index is 14.7. The van der Waals surface area contributed by atoms with E-state index in [0.717, 1.165) is 69.6 Å². The Kier molecular flexibility index (Phi) is 16.6. The van der Waals surface area contributed by atoms with Crippen molar-refractivity contribution in [3.8, 4) is 23.0 Å². The third-order valence-corrected chi connectivity index (χ3v) is 6.93. The topological polar surface area (TPSA) is 124 Å². The fraction of sp³-hybridized carbons (Fsp3) is 0.316. The second-order valence-electron chi connectivity index (χ2n) is 10.7. The van der Waals surface area contributed by atoms with Gasteiger partial charge in [0.15, 0.2) is 11.6 Å². The van der Waals surface area contributed by atoms with Gasteiger partial charge in [-0.05, 0) is 112 Å². The molecule has 0 aromatic heterocycles. The van der Waals surface area contributed by atoms with Crippen LogP contribution in [0.15, 0.2) is 92.0 Å². The van der Waals surface area contributed by atoms with Crippen molar-refractivity contribution in [1.82, 2.24) is 0 Å². The highest BCUT2D eigenvalue weighted by Gasteiger charge is 2.15. The lowest BCUT2D eigenvalue weighted by atomic mass is 10.2. The lowest BCUT2D eigenvalue weighted by Crippen LogP contribution is -2.11. The molecular weight excluding hydrogens is 635 g/mol. The molecule has 0 bridgehead atoms. The summed E-state index contributed by atoms with van der Waals surface area (Å²) in [5.41, 5.74) is 0.445. The van der Waals surface area contributed by atoms with Crippen molar-refractivity contribution in [3.63, 3.8) is 0 Å². The number of rotatable bonds is 22. The third kappa shape index (κ3) is 14.5. The molecule has 0 fully saturated rings. The van der Waals surface area contributed by atoms with Crippen molar-refractivity contribution >= 4 is 23.9 Å². The van der Waals surface area contributed by atoms with E-state index in [1.807, 2.05) is 0 Å². The molecule has 0 unspecified atom stereocenters. The van der Waals surface area contributed by atoms with Crippen LogP contribution in [0.5, 0.6) is 23.0 Å². The Labute approximate surface area is 285 Å². The number of benzene rings is 3. The molecule has 0 heterocycles. The van der Waals surface area contributed by atoms with Gasteiger partial charge >= 0.3 is 23.9 Å². The average Bonchev–Trinajstić information content (AvgIpc) is 3.11. The summed E-state index contributed by atoms with van der Waals surface area (Å²) in [6.45, 7) is 8.40. The lowest BCUT2D eigenvalue weighted by Gasteiger charge is -2.10. The molecule has 11 heteroatoms. The van der Waals surface area contributed by atoms with Crippen LogP contribution in [-0.4, -0.2) is 50.3 Å². The fourth-order valence-electron chi connectivity index (χ4n) is 4.29. The first kappa shape index (κ1) is 38.0. The molecule has 0 N–H and O–H groups in total. The smallest absolute Gasteiger partial charge is 0.343 e. The molecule has 3 rings (SSSR count). The monoisotopic (exact) mass is 676 g/mol. The second kappa shape index (κ2) is 21.4. The molecule has 10 nitrogen and oxygen atoms in total. The fourth-order valence-corrected chi connectivity index (χ4v) is 4.29. The van der Waals surface area contributed by atoms with Crippen molar-refractivity contribution in [2.45, 2.75) is 51.4 Å². The molecule has 260 valence electrons. The Balaban J connectivity index is 1.35. The van der Waals surface area contributed by atoms with Crippen molar-refractivity contribution in [2.75, 3.05) is 26.4 Å². The maximum Gasteiger partial charge on any atom is 0.343 e. The van der Waals surface area contributed by atoms with Crippen LogP contribution in [0.4, 0.5) is 4.39 Å². The van der Waals surface area contributed by atoms with Crippen LogP contribution in [0.25, 0.3) is 0 Å². The first-order chi connectivity index (χ1) is 23.8. The number of esters is 4. The van der Waals surface area contributed by atoms with E-state index >= 15 is 0 Å². The maximum absolute atomic E-state index is 14.7. The molecule has 0 aliphatic rings. The average molecular weight is 677 g/mol. The van der Waals surface area contributed by atoms with E-state index in [-0.39, 0.29) is 22.6 Å². The van der Waals surface area contributed by atoms with Crippen molar-refractivity contribution in [2.24, 2.45) is 0 Å². The van der Waals surface area contributed by atoms with Gasteiger partial charge in [-0.1, -0.05) is 13.2 Å². The highest BCUT2D eigenvalue weighted by Crippen LogP contribution is 2.25. The lowest BCUT2D eigenvalue weighted by molar-refractivity contribution is -0.138. The number of carbonyl (C=O) groups is 4. The van der Waals surface area contributed by atoms with Crippen LogP contribution in [0, 0.1) is 5.82 Å². The second-order valence-corrected chi connectivity index (χ2v) is 10.7. The Morgan fingerprint density at radius 2 is 0.939 bits per heavy atom. The Bertz CT molecular complexity index is 1530. The number of halogens is 1. The molecule has 0 atom stereocenters. The molecule has 49 heavy (non-hydrogen) atoms. The van der Waals surface area contributed by atoms with Gasteiger partial charge in [0.05, 0.1) is 37.6 Å². The molecule has 0 spiro atoms. The summed E-state index contributed by atoms with van der Waals surface area (Å²) in [6.07, 6.45) is 9.05. The minimum atomic E-state index is -0.876. The van der Waals surface area contributed by atoms with Gasteiger partial charge in [-0.2, -0.15) is 0 Å². The first-order valence-electron chi connectivity index (χ1n) is 16.1. The van der Waals surface area contributed by atoms with Crippen LogP contribution >= 0.6 is 0 Å². The summed E-state index contributed by atoms with van der Waals surface area (Å²) < 4.78 is 46.5. The molecule has 0 amide bonds. The van der Waals surface area contributed by atoms with Crippen LogP contribution in [0.1, 0.15) is 72.1 Å². The largest absolute Gasteiger partial charge is 0.494 e. The van der Waals surface area contributed by atoms with Crippen LogP contribution in [0.3, 0.4) is 0 Å². The van der Waals surface area contributed by atoms with Crippen LogP contribution in [-0.2, 0) is 19.1 Å². The summed E-state index contributed by atoms with van der Waals surface area (Å²) >= 11 is 0. The van der Waals surface area contributed by atoms with E-state index in [1.165, 1.54) is 24.3 Å².